The molecular weight excluding hydrogens is 358 g/mol. The van der Waals surface area contributed by atoms with E-state index in [2.05, 4.69) is 47.2 Å². The minimum Gasteiger partial charge on any atom is -0.380 e. The van der Waals surface area contributed by atoms with Gasteiger partial charge in [0.05, 0.1) is 17.6 Å². The zero-order valence-electron chi connectivity index (χ0n) is 14.2. The van der Waals surface area contributed by atoms with Crippen LogP contribution in [0.1, 0.15) is 11.4 Å². The Morgan fingerprint density at radius 1 is 1.36 bits per heavy atom. The van der Waals surface area contributed by atoms with Crippen molar-refractivity contribution in [3.63, 3.8) is 0 Å². The zero-order chi connectivity index (χ0) is 17.8. The molecule has 0 saturated heterocycles. The van der Waals surface area contributed by atoms with Crippen molar-refractivity contribution in [1.82, 2.24) is 20.2 Å². The van der Waals surface area contributed by atoms with Crippen LogP contribution in [-0.4, -0.2) is 57.1 Å². The molecule has 10 heteroatoms. The third-order valence-corrected chi connectivity index (χ3v) is 5.18. The summed E-state index contributed by atoms with van der Waals surface area (Å²) in [5.74, 6) is 3.39. The van der Waals surface area contributed by atoms with E-state index in [0.29, 0.717) is 12.4 Å². The Kier molecular flexibility index (Phi) is 5.71. The maximum absolute atomic E-state index is 11.1. The van der Waals surface area contributed by atoms with Crippen LogP contribution in [0.4, 0.5) is 0 Å². The fraction of sp³-hybridized carbons (Fsp3) is 0.400. The number of hydrogen-bond donors (Lipinski definition) is 3. The molecule has 2 aromatic rings. The largest absolute Gasteiger partial charge is 0.380 e. The molecule has 2 heterocycles. The normalized spacial score (nSPS) is 17.2. The first kappa shape index (κ1) is 17.9. The molecule has 0 spiro atoms. The van der Waals surface area contributed by atoms with Crippen LogP contribution in [0.2, 0.25) is 0 Å². The summed E-state index contributed by atoms with van der Waals surface area (Å²) in [6, 6.07) is 6.31. The minimum atomic E-state index is -1.57. The molecule has 4 N–H and O–H groups in total. The summed E-state index contributed by atoms with van der Waals surface area (Å²) in [5.41, 5.74) is 8.92. The third kappa shape index (κ3) is 4.80. The molecule has 0 bridgehead atoms. The first-order chi connectivity index (χ1) is 12.0. The Balaban J connectivity index is 1.47. The number of fused-ring (bicyclic) bond motifs is 1. The van der Waals surface area contributed by atoms with Crippen molar-refractivity contribution < 1.29 is 4.21 Å². The van der Waals surface area contributed by atoms with E-state index in [1.807, 2.05) is 14.1 Å². The summed E-state index contributed by atoms with van der Waals surface area (Å²) in [6.45, 7) is 1.49. The Bertz CT molecular complexity index is 844. The first-order valence-corrected chi connectivity index (χ1v) is 10.0. The second kappa shape index (κ2) is 7.98. The maximum atomic E-state index is 11.1. The molecule has 0 fully saturated rings. The number of benzene rings is 1. The summed E-state index contributed by atoms with van der Waals surface area (Å²) >= 11 is 0.235. The number of aromatic nitrogens is 2. The average Bonchev–Trinajstić information content (AvgIpc) is 3.07. The molecule has 0 radical (unpaired) electrons. The number of nitrogens with one attached hydrogen (secondary N) is 2. The molecule has 1 aliphatic rings. The number of H-pyrrole nitrogens is 1. The molecule has 1 unspecified atom stereocenters. The highest BCUT2D eigenvalue weighted by Crippen LogP contribution is 2.18. The van der Waals surface area contributed by atoms with E-state index >= 15 is 0 Å². The van der Waals surface area contributed by atoms with Gasteiger partial charge in [-0.1, -0.05) is 6.07 Å². The molecule has 8 nitrogen and oxygen atoms in total. The van der Waals surface area contributed by atoms with Crippen LogP contribution in [0.25, 0.3) is 11.0 Å². The Morgan fingerprint density at radius 3 is 2.92 bits per heavy atom. The van der Waals surface area contributed by atoms with Crippen molar-refractivity contribution in [3.8, 4) is 0 Å². The van der Waals surface area contributed by atoms with E-state index in [-0.39, 0.29) is 5.84 Å². The molecule has 1 aromatic carbocycles. The molecule has 1 aromatic heterocycles. The van der Waals surface area contributed by atoms with Crippen LogP contribution < -0.4 is 11.1 Å². The van der Waals surface area contributed by atoms with E-state index in [9.17, 15) is 4.21 Å². The quantitative estimate of drug-likeness (QED) is 0.614. The molecule has 1 aliphatic heterocycles. The first-order valence-electron chi connectivity index (χ1n) is 7.80. The lowest BCUT2D eigenvalue weighted by Crippen LogP contribution is -2.35. The van der Waals surface area contributed by atoms with Crippen LogP contribution in [0.3, 0.4) is 0 Å². The van der Waals surface area contributed by atoms with Crippen molar-refractivity contribution in [1.29, 1.82) is 0 Å². The van der Waals surface area contributed by atoms with Crippen LogP contribution in [0.5, 0.6) is 0 Å². The van der Waals surface area contributed by atoms with Gasteiger partial charge in [-0.05, 0) is 31.8 Å². The average molecular weight is 380 g/mol. The van der Waals surface area contributed by atoms with Gasteiger partial charge in [0.15, 0.2) is 11.7 Å². The van der Waals surface area contributed by atoms with E-state index < -0.39 is 11.2 Å². The van der Waals surface area contributed by atoms with Gasteiger partial charge < -0.3 is 20.9 Å². The monoisotopic (exact) mass is 379 g/mol. The Morgan fingerprint density at radius 2 is 2.20 bits per heavy atom. The second-order valence-electron chi connectivity index (χ2n) is 5.90. The van der Waals surface area contributed by atoms with Gasteiger partial charge in [0.1, 0.15) is 5.82 Å². The lowest BCUT2D eigenvalue weighted by Gasteiger charge is -2.05. The lowest BCUT2D eigenvalue weighted by atomic mass is 10.2. The Labute approximate surface area is 153 Å². The van der Waals surface area contributed by atoms with Gasteiger partial charge >= 0.3 is 0 Å². The minimum absolute atomic E-state index is 0.210. The third-order valence-electron chi connectivity index (χ3n) is 3.46. The maximum Gasteiger partial charge on any atom is 0.269 e. The van der Waals surface area contributed by atoms with Gasteiger partial charge in [-0.3, -0.25) is 0 Å². The summed E-state index contributed by atoms with van der Waals surface area (Å²) in [6.07, 6.45) is 0. The van der Waals surface area contributed by atoms with E-state index in [1.54, 1.807) is 11.8 Å². The lowest BCUT2D eigenvalue weighted by molar-refractivity contribution is 0.392. The molecular formula is C15H21N7OS2. The predicted octanol–water partition coefficient (Wildman–Crippen LogP) is 0.795. The number of aromatic amines is 1. The van der Waals surface area contributed by atoms with Gasteiger partial charge in [-0.2, -0.15) is 11.8 Å². The van der Waals surface area contributed by atoms with Gasteiger partial charge in [0.2, 0.25) is 0 Å². The van der Waals surface area contributed by atoms with Crippen LogP contribution in [-0.2, 0) is 23.5 Å². The number of nitrogens with zero attached hydrogens (tertiary/aromatic N) is 4. The van der Waals surface area contributed by atoms with E-state index in [4.69, 9.17) is 5.73 Å². The molecule has 25 heavy (non-hydrogen) atoms. The van der Waals surface area contributed by atoms with Crippen molar-refractivity contribution in [3.05, 3.63) is 29.6 Å². The van der Waals surface area contributed by atoms with Crippen molar-refractivity contribution in [2.24, 2.45) is 14.5 Å². The summed E-state index contributed by atoms with van der Waals surface area (Å²) in [5, 5.41) is 3.06. The highest BCUT2D eigenvalue weighted by molar-refractivity contribution is 7.98. The molecule has 0 aliphatic carbocycles. The number of nitrogens with two attached hydrogens (primary N) is 1. The molecule has 3 rings (SSSR count). The standard InChI is InChI=1S/C15H21N7OS2/c1-22(2)8-13-18-11-4-3-10(7-12(11)19-13)9-24-6-5-17-15-14(16)20-25(23)21-15/h3-4,7H,5-6,8-9H2,1-2H3,(H2,16,20)(H,17,21)(H,18,19). The predicted molar refractivity (Wildman–Crippen MR) is 105 cm³/mol. The van der Waals surface area contributed by atoms with E-state index in [0.717, 1.165) is 34.9 Å². The SMILES string of the molecule is CN(C)Cc1nc2ccc(CSCCNC3=NS(=O)N=C3N)cc2[nH]1. The number of thioether (sulfide) groups is 1. The van der Waals surface area contributed by atoms with Gasteiger partial charge in [0, 0.05) is 18.1 Å². The smallest absolute Gasteiger partial charge is 0.269 e. The number of imidazole rings is 1. The second-order valence-corrected chi connectivity index (χ2v) is 7.83. The fourth-order valence-electron chi connectivity index (χ4n) is 2.40. The van der Waals surface area contributed by atoms with Crippen molar-refractivity contribution >= 4 is 45.6 Å². The topological polar surface area (TPSA) is 112 Å². The molecule has 0 amide bonds. The molecule has 134 valence electrons. The van der Waals surface area contributed by atoms with Crippen LogP contribution >= 0.6 is 11.8 Å². The number of hydrogen-bond acceptors (Lipinski definition) is 6. The number of amidine groups is 2. The number of rotatable bonds is 7. The molecule has 1 atom stereocenters. The fourth-order valence-corrected chi connectivity index (χ4v) is 3.82. The van der Waals surface area contributed by atoms with Gasteiger partial charge in [0.25, 0.3) is 11.2 Å². The zero-order valence-corrected chi connectivity index (χ0v) is 15.8. The van der Waals surface area contributed by atoms with E-state index in [1.165, 1.54) is 5.56 Å². The summed E-state index contributed by atoms with van der Waals surface area (Å²) in [7, 11) is 4.05. The highest BCUT2D eigenvalue weighted by Gasteiger charge is 2.14. The van der Waals surface area contributed by atoms with Crippen LogP contribution in [0, 0.1) is 0 Å². The van der Waals surface area contributed by atoms with Crippen molar-refractivity contribution in [2.45, 2.75) is 12.3 Å². The van der Waals surface area contributed by atoms with Gasteiger partial charge in [-0.15, -0.1) is 8.80 Å². The summed E-state index contributed by atoms with van der Waals surface area (Å²) in [4.78, 5) is 10.0. The molecule has 0 saturated carbocycles. The Hall–Kier alpha value is -1.91. The van der Waals surface area contributed by atoms with Gasteiger partial charge in [-0.25, -0.2) is 9.19 Å². The van der Waals surface area contributed by atoms with Crippen molar-refractivity contribution in [2.75, 3.05) is 26.4 Å². The highest BCUT2D eigenvalue weighted by atomic mass is 32.2. The van der Waals surface area contributed by atoms with Crippen LogP contribution in [0.15, 0.2) is 27.0 Å². The summed E-state index contributed by atoms with van der Waals surface area (Å²) < 4.78 is 18.6.